The number of nitrogens with zero attached hydrogens (tertiary/aromatic N) is 3. The van der Waals surface area contributed by atoms with Gasteiger partial charge in [-0.15, -0.1) is 0 Å². The molecule has 2 heterocycles. The Labute approximate surface area is 127 Å². The second kappa shape index (κ2) is 5.08. The predicted octanol–water partition coefficient (Wildman–Crippen LogP) is 4.83. The van der Waals surface area contributed by atoms with Gasteiger partial charge in [0.2, 0.25) is 0 Å². The molecule has 3 nitrogen and oxygen atoms in total. The number of hydrogen-bond acceptors (Lipinski definition) is 2. The zero-order chi connectivity index (χ0) is 14.3. The lowest BCUT2D eigenvalue weighted by Gasteiger charge is -2.11. The van der Waals surface area contributed by atoms with Crippen molar-refractivity contribution in [1.82, 2.24) is 14.6 Å². The lowest BCUT2D eigenvalue weighted by molar-refractivity contribution is 0.822. The molecule has 0 spiro atoms. The van der Waals surface area contributed by atoms with E-state index in [1.165, 1.54) is 0 Å². The van der Waals surface area contributed by atoms with Gasteiger partial charge in [-0.3, -0.25) is 0 Å². The fourth-order valence-electron chi connectivity index (χ4n) is 2.24. The lowest BCUT2D eigenvalue weighted by Crippen LogP contribution is -2.01. The van der Waals surface area contributed by atoms with Gasteiger partial charge in [0.25, 0.3) is 0 Å². The first-order chi connectivity index (χ1) is 9.59. The van der Waals surface area contributed by atoms with Crippen molar-refractivity contribution in [2.24, 2.45) is 0 Å². The Kier molecular flexibility index (Phi) is 3.40. The van der Waals surface area contributed by atoms with E-state index in [-0.39, 0.29) is 5.92 Å². The molecule has 0 fully saturated rings. The predicted molar refractivity (Wildman–Crippen MR) is 82.5 cm³/mol. The van der Waals surface area contributed by atoms with Crippen LogP contribution in [0.1, 0.15) is 25.3 Å². The standard InChI is InChI=1S/C15H13Cl2N3/c1-9(2)12-13(16)19-15-11(8-18-20(15)14(12)17)10-6-4-3-5-7-10/h3-9H,1-2H3. The molecule has 2 aromatic heterocycles. The summed E-state index contributed by atoms with van der Waals surface area (Å²) in [4.78, 5) is 4.48. The summed E-state index contributed by atoms with van der Waals surface area (Å²) in [6.45, 7) is 4.06. The third-order valence-corrected chi connectivity index (χ3v) is 3.89. The topological polar surface area (TPSA) is 30.2 Å². The smallest absolute Gasteiger partial charge is 0.166 e. The van der Waals surface area contributed by atoms with Crippen LogP contribution in [0.4, 0.5) is 0 Å². The molecule has 0 aliphatic heterocycles. The maximum Gasteiger partial charge on any atom is 0.166 e. The number of fused-ring (bicyclic) bond motifs is 1. The molecule has 20 heavy (non-hydrogen) atoms. The van der Waals surface area contributed by atoms with Crippen LogP contribution in [0, 0.1) is 0 Å². The summed E-state index contributed by atoms with van der Waals surface area (Å²) in [6, 6.07) is 9.95. The van der Waals surface area contributed by atoms with Crippen molar-refractivity contribution in [2.45, 2.75) is 19.8 Å². The summed E-state index contributed by atoms with van der Waals surface area (Å²) < 4.78 is 1.64. The van der Waals surface area contributed by atoms with Gasteiger partial charge in [-0.25, -0.2) is 9.50 Å². The van der Waals surface area contributed by atoms with E-state index in [1.807, 2.05) is 44.2 Å². The van der Waals surface area contributed by atoms with Gasteiger partial charge in [0, 0.05) is 11.1 Å². The van der Waals surface area contributed by atoms with Crippen LogP contribution < -0.4 is 0 Å². The van der Waals surface area contributed by atoms with Crippen molar-refractivity contribution >= 4 is 28.8 Å². The third-order valence-electron chi connectivity index (χ3n) is 3.24. The fourth-order valence-corrected chi connectivity index (χ4v) is 3.11. The van der Waals surface area contributed by atoms with Crippen LogP contribution in [-0.4, -0.2) is 14.6 Å². The van der Waals surface area contributed by atoms with E-state index in [4.69, 9.17) is 23.2 Å². The first kappa shape index (κ1) is 13.4. The molecule has 3 rings (SSSR count). The van der Waals surface area contributed by atoms with Crippen molar-refractivity contribution in [1.29, 1.82) is 0 Å². The van der Waals surface area contributed by atoms with Crippen LogP contribution in [0.3, 0.4) is 0 Å². The van der Waals surface area contributed by atoms with E-state index in [9.17, 15) is 0 Å². The Hall–Kier alpha value is -1.58. The van der Waals surface area contributed by atoms with Gasteiger partial charge in [0.05, 0.1) is 6.20 Å². The molecule has 0 radical (unpaired) electrons. The monoisotopic (exact) mass is 305 g/mol. The number of aromatic nitrogens is 3. The van der Waals surface area contributed by atoms with Gasteiger partial charge in [-0.05, 0) is 11.5 Å². The van der Waals surface area contributed by atoms with E-state index in [0.29, 0.717) is 16.0 Å². The van der Waals surface area contributed by atoms with Gasteiger partial charge < -0.3 is 0 Å². The van der Waals surface area contributed by atoms with Crippen LogP contribution in [0.15, 0.2) is 36.5 Å². The van der Waals surface area contributed by atoms with E-state index in [2.05, 4.69) is 10.1 Å². The first-order valence-electron chi connectivity index (χ1n) is 6.37. The molecule has 0 atom stereocenters. The maximum atomic E-state index is 6.42. The van der Waals surface area contributed by atoms with Crippen LogP contribution in [0.5, 0.6) is 0 Å². The van der Waals surface area contributed by atoms with Gasteiger partial charge in [0.15, 0.2) is 5.65 Å². The Morgan fingerprint density at radius 3 is 2.45 bits per heavy atom. The Balaban J connectivity index is 2.30. The largest absolute Gasteiger partial charge is 0.216 e. The minimum atomic E-state index is 0.191. The molecule has 0 amide bonds. The van der Waals surface area contributed by atoms with Gasteiger partial charge in [-0.1, -0.05) is 67.4 Å². The minimum Gasteiger partial charge on any atom is -0.216 e. The Morgan fingerprint density at radius 2 is 1.80 bits per heavy atom. The van der Waals surface area contributed by atoms with E-state index >= 15 is 0 Å². The highest BCUT2D eigenvalue weighted by Crippen LogP contribution is 2.33. The first-order valence-corrected chi connectivity index (χ1v) is 7.13. The molecule has 3 aromatic rings. The van der Waals surface area contributed by atoms with Gasteiger partial charge in [0.1, 0.15) is 10.3 Å². The van der Waals surface area contributed by atoms with Crippen LogP contribution >= 0.6 is 23.2 Å². The molecule has 0 aliphatic rings. The molecular formula is C15H13Cl2N3. The molecule has 0 bridgehead atoms. The molecule has 0 saturated carbocycles. The highest BCUT2D eigenvalue weighted by Gasteiger charge is 2.18. The second-order valence-corrected chi connectivity index (χ2v) is 5.64. The third kappa shape index (κ3) is 2.07. The summed E-state index contributed by atoms with van der Waals surface area (Å²) in [6.07, 6.45) is 1.77. The summed E-state index contributed by atoms with van der Waals surface area (Å²) in [5.74, 6) is 0.191. The Bertz CT molecular complexity index is 764. The van der Waals surface area contributed by atoms with Crippen molar-refractivity contribution in [3.63, 3.8) is 0 Å². The quantitative estimate of drug-likeness (QED) is 0.635. The molecule has 0 saturated heterocycles. The number of hydrogen-bond donors (Lipinski definition) is 0. The van der Waals surface area contributed by atoms with Crippen molar-refractivity contribution in [2.75, 3.05) is 0 Å². The average Bonchev–Trinajstić information content (AvgIpc) is 2.83. The maximum absolute atomic E-state index is 6.42. The highest BCUT2D eigenvalue weighted by atomic mass is 35.5. The van der Waals surface area contributed by atoms with Crippen molar-refractivity contribution < 1.29 is 0 Å². The van der Waals surface area contributed by atoms with Crippen LogP contribution in [0.2, 0.25) is 10.3 Å². The fraction of sp³-hybridized carbons (Fsp3) is 0.200. The summed E-state index contributed by atoms with van der Waals surface area (Å²) in [5, 5.41) is 5.31. The summed E-state index contributed by atoms with van der Waals surface area (Å²) >= 11 is 12.7. The van der Waals surface area contributed by atoms with Gasteiger partial charge >= 0.3 is 0 Å². The number of rotatable bonds is 2. The molecule has 5 heteroatoms. The van der Waals surface area contributed by atoms with E-state index in [0.717, 1.165) is 16.7 Å². The Morgan fingerprint density at radius 1 is 1.10 bits per heavy atom. The minimum absolute atomic E-state index is 0.191. The molecular weight excluding hydrogens is 293 g/mol. The number of benzene rings is 1. The van der Waals surface area contributed by atoms with Gasteiger partial charge in [-0.2, -0.15) is 5.10 Å². The summed E-state index contributed by atoms with van der Waals surface area (Å²) in [7, 11) is 0. The van der Waals surface area contributed by atoms with Crippen molar-refractivity contribution in [3.8, 4) is 11.1 Å². The summed E-state index contributed by atoms with van der Waals surface area (Å²) in [5.41, 5.74) is 3.46. The molecule has 1 aromatic carbocycles. The zero-order valence-corrected chi connectivity index (χ0v) is 12.7. The normalized spacial score (nSPS) is 11.4. The van der Waals surface area contributed by atoms with E-state index < -0.39 is 0 Å². The van der Waals surface area contributed by atoms with Crippen molar-refractivity contribution in [3.05, 3.63) is 52.4 Å². The average molecular weight is 306 g/mol. The zero-order valence-electron chi connectivity index (χ0n) is 11.1. The molecule has 0 unspecified atom stereocenters. The molecule has 102 valence electrons. The van der Waals surface area contributed by atoms with Crippen LogP contribution in [-0.2, 0) is 0 Å². The lowest BCUT2D eigenvalue weighted by atomic mass is 10.1. The number of halogens is 2. The van der Waals surface area contributed by atoms with E-state index in [1.54, 1.807) is 10.7 Å². The highest BCUT2D eigenvalue weighted by molar-refractivity contribution is 6.35. The SMILES string of the molecule is CC(C)c1c(Cl)nc2c(-c3ccccc3)cnn2c1Cl. The second-order valence-electron chi connectivity index (χ2n) is 4.92. The molecule has 0 aliphatic carbocycles. The van der Waals surface area contributed by atoms with Crippen LogP contribution in [0.25, 0.3) is 16.8 Å². The molecule has 0 N–H and O–H groups in total.